The Balaban J connectivity index is 1.69. The molecule has 0 spiro atoms. The summed E-state index contributed by atoms with van der Waals surface area (Å²) in [6.07, 6.45) is 8.04. The molecular weight excluding hydrogens is 286 g/mol. The molecule has 3 rings (SSSR count). The minimum absolute atomic E-state index is 0.119. The van der Waals surface area contributed by atoms with E-state index in [0.717, 1.165) is 43.9 Å². The third-order valence-electron chi connectivity index (χ3n) is 3.92. The molecule has 114 valence electrons. The van der Waals surface area contributed by atoms with E-state index in [1.54, 1.807) is 0 Å². The van der Waals surface area contributed by atoms with Gasteiger partial charge in [0, 0.05) is 25.2 Å². The van der Waals surface area contributed by atoms with Gasteiger partial charge in [-0.2, -0.15) is 0 Å². The van der Waals surface area contributed by atoms with Gasteiger partial charge in [0.05, 0.1) is 0 Å². The minimum Gasteiger partial charge on any atom is -0.382 e. The Bertz CT molecular complexity index is 548. The van der Waals surface area contributed by atoms with Crippen LogP contribution < -0.4 is 21.7 Å². The van der Waals surface area contributed by atoms with Crippen molar-refractivity contribution in [2.45, 2.75) is 37.8 Å². The number of hydrogen-bond acceptors (Lipinski definition) is 6. The lowest BCUT2D eigenvalue weighted by Crippen LogP contribution is -2.42. The molecule has 1 aromatic heterocycles. The maximum absolute atomic E-state index is 12.3. The summed E-state index contributed by atoms with van der Waals surface area (Å²) < 4.78 is 0. The molecule has 6 nitrogen and oxygen atoms in total. The first-order chi connectivity index (χ1) is 10.1. The summed E-state index contributed by atoms with van der Waals surface area (Å²) in [5, 5.41) is 3.81. The summed E-state index contributed by atoms with van der Waals surface area (Å²) >= 11 is 1.36. The second kappa shape index (κ2) is 6.03. The molecule has 1 aliphatic carbocycles. The smallest absolute Gasteiger partial charge is 0.265 e. The second-order valence-electron chi connectivity index (χ2n) is 5.67. The maximum atomic E-state index is 12.3. The van der Waals surface area contributed by atoms with E-state index >= 15 is 0 Å². The van der Waals surface area contributed by atoms with E-state index < -0.39 is 0 Å². The predicted molar refractivity (Wildman–Crippen MR) is 85.6 cm³/mol. The van der Waals surface area contributed by atoms with Crippen molar-refractivity contribution in [1.82, 2.24) is 10.3 Å². The van der Waals surface area contributed by atoms with E-state index in [2.05, 4.69) is 27.4 Å². The molecule has 7 heteroatoms. The van der Waals surface area contributed by atoms with Gasteiger partial charge in [-0.3, -0.25) is 4.79 Å². The molecule has 0 radical (unpaired) electrons. The van der Waals surface area contributed by atoms with Crippen LogP contribution in [0.1, 0.15) is 35.4 Å². The van der Waals surface area contributed by atoms with Gasteiger partial charge < -0.3 is 21.7 Å². The Kier molecular flexibility index (Phi) is 4.12. The number of carbonyl (C=O) groups excluding carboxylic acids is 1. The third-order valence-corrected chi connectivity index (χ3v) is 5.05. The molecule has 21 heavy (non-hydrogen) atoms. The van der Waals surface area contributed by atoms with Gasteiger partial charge in [-0.25, -0.2) is 4.98 Å². The van der Waals surface area contributed by atoms with E-state index in [1.165, 1.54) is 11.3 Å². The maximum Gasteiger partial charge on any atom is 0.265 e. The van der Waals surface area contributed by atoms with Crippen molar-refractivity contribution in [3.63, 3.8) is 0 Å². The number of amides is 1. The zero-order valence-electron chi connectivity index (χ0n) is 11.9. The van der Waals surface area contributed by atoms with Crippen LogP contribution in [0.15, 0.2) is 12.2 Å². The fourth-order valence-electron chi connectivity index (χ4n) is 2.79. The first-order valence-corrected chi connectivity index (χ1v) is 8.18. The molecule has 0 saturated carbocycles. The molecule has 2 aliphatic rings. The van der Waals surface area contributed by atoms with Gasteiger partial charge in [-0.05, 0) is 25.7 Å². The number of nitrogen functional groups attached to an aromatic ring is 1. The van der Waals surface area contributed by atoms with Gasteiger partial charge in [0.25, 0.3) is 5.91 Å². The Labute approximate surface area is 128 Å². The van der Waals surface area contributed by atoms with E-state index in [9.17, 15) is 4.79 Å². The van der Waals surface area contributed by atoms with Gasteiger partial charge >= 0.3 is 0 Å². The summed E-state index contributed by atoms with van der Waals surface area (Å²) in [6.45, 7) is 1.70. The first kappa shape index (κ1) is 14.3. The highest BCUT2D eigenvalue weighted by atomic mass is 32.1. The number of anilines is 2. The lowest BCUT2D eigenvalue weighted by atomic mass is 10.1. The molecule has 0 bridgehead atoms. The van der Waals surface area contributed by atoms with Crippen molar-refractivity contribution in [2.75, 3.05) is 23.7 Å². The fourth-order valence-corrected chi connectivity index (χ4v) is 3.71. The SMILES string of the molecule is Nc1nc(N2CCCC(N)C2)sc1C(=O)NC1CC=CC1. The van der Waals surface area contributed by atoms with Gasteiger partial charge in [0.1, 0.15) is 10.7 Å². The topological polar surface area (TPSA) is 97.3 Å². The predicted octanol–water partition coefficient (Wildman–Crippen LogP) is 1.10. The molecule has 1 amide bonds. The number of piperidine rings is 1. The normalized spacial score (nSPS) is 22.7. The molecule has 1 atom stereocenters. The number of nitrogens with one attached hydrogen (secondary N) is 1. The van der Waals surface area contributed by atoms with Crippen molar-refractivity contribution in [2.24, 2.45) is 5.73 Å². The zero-order valence-corrected chi connectivity index (χ0v) is 12.7. The monoisotopic (exact) mass is 307 g/mol. The number of carbonyl (C=O) groups is 1. The van der Waals surface area contributed by atoms with Crippen LogP contribution in [0.2, 0.25) is 0 Å². The molecule has 5 N–H and O–H groups in total. The summed E-state index contributed by atoms with van der Waals surface area (Å²) in [7, 11) is 0. The van der Waals surface area contributed by atoms with Crippen molar-refractivity contribution in [1.29, 1.82) is 0 Å². The van der Waals surface area contributed by atoms with E-state index in [4.69, 9.17) is 11.5 Å². The number of thiazole rings is 1. The highest BCUT2D eigenvalue weighted by Crippen LogP contribution is 2.30. The molecule has 1 aliphatic heterocycles. The van der Waals surface area contributed by atoms with Gasteiger partial charge in [0.2, 0.25) is 0 Å². The molecule has 1 fully saturated rings. The average Bonchev–Trinajstić information content (AvgIpc) is 3.08. The van der Waals surface area contributed by atoms with Crippen LogP contribution in [0.3, 0.4) is 0 Å². The van der Waals surface area contributed by atoms with Gasteiger partial charge in [-0.15, -0.1) is 0 Å². The van der Waals surface area contributed by atoms with Crippen molar-refractivity contribution < 1.29 is 4.79 Å². The highest BCUT2D eigenvalue weighted by Gasteiger charge is 2.24. The van der Waals surface area contributed by atoms with Crippen LogP contribution in [0.5, 0.6) is 0 Å². The van der Waals surface area contributed by atoms with Gasteiger partial charge in [0.15, 0.2) is 5.13 Å². The van der Waals surface area contributed by atoms with Crippen LogP contribution in [-0.4, -0.2) is 36.1 Å². The Morgan fingerprint density at radius 3 is 2.90 bits per heavy atom. The van der Waals surface area contributed by atoms with Crippen LogP contribution in [-0.2, 0) is 0 Å². The van der Waals surface area contributed by atoms with Crippen molar-refractivity contribution >= 4 is 28.2 Å². The summed E-state index contributed by atoms with van der Waals surface area (Å²) in [6, 6.07) is 0.358. The lowest BCUT2D eigenvalue weighted by molar-refractivity contribution is 0.0944. The largest absolute Gasteiger partial charge is 0.382 e. The van der Waals surface area contributed by atoms with Crippen molar-refractivity contribution in [3.8, 4) is 0 Å². The van der Waals surface area contributed by atoms with Crippen molar-refractivity contribution in [3.05, 3.63) is 17.0 Å². The molecule has 2 heterocycles. The van der Waals surface area contributed by atoms with Crippen LogP contribution in [0, 0.1) is 0 Å². The summed E-state index contributed by atoms with van der Waals surface area (Å²) in [5.41, 5.74) is 11.9. The van der Waals surface area contributed by atoms with E-state index in [1.807, 2.05) is 0 Å². The van der Waals surface area contributed by atoms with Crippen LogP contribution in [0.25, 0.3) is 0 Å². The number of hydrogen-bond donors (Lipinski definition) is 3. The second-order valence-corrected chi connectivity index (χ2v) is 6.65. The number of rotatable bonds is 3. The molecular formula is C14H21N5OS. The fraction of sp³-hybridized carbons (Fsp3) is 0.571. The van der Waals surface area contributed by atoms with E-state index in [0.29, 0.717) is 10.7 Å². The Morgan fingerprint density at radius 2 is 2.19 bits per heavy atom. The molecule has 0 aromatic carbocycles. The molecule has 1 unspecified atom stereocenters. The molecule has 1 saturated heterocycles. The third kappa shape index (κ3) is 3.19. The number of nitrogens with zero attached hydrogens (tertiary/aromatic N) is 2. The number of nitrogens with two attached hydrogens (primary N) is 2. The first-order valence-electron chi connectivity index (χ1n) is 7.36. The van der Waals surface area contributed by atoms with Crippen LogP contribution >= 0.6 is 11.3 Å². The standard InChI is InChI=1S/C14H21N5OS/c15-9-4-3-7-19(8-9)14-18-12(16)11(21-14)13(20)17-10-5-1-2-6-10/h1-2,9-10H,3-8,15-16H2,(H,17,20). The average molecular weight is 307 g/mol. The lowest BCUT2D eigenvalue weighted by Gasteiger charge is -2.30. The zero-order chi connectivity index (χ0) is 14.8. The van der Waals surface area contributed by atoms with Gasteiger partial charge in [-0.1, -0.05) is 23.5 Å². The van der Waals surface area contributed by atoms with Crippen LogP contribution in [0.4, 0.5) is 10.9 Å². The highest BCUT2D eigenvalue weighted by molar-refractivity contribution is 7.18. The minimum atomic E-state index is -0.119. The quantitative estimate of drug-likeness (QED) is 0.727. The van der Waals surface area contributed by atoms with E-state index in [-0.39, 0.29) is 18.0 Å². The summed E-state index contributed by atoms with van der Waals surface area (Å²) in [5.74, 6) is 0.198. The Hall–Kier alpha value is -1.60. The summed E-state index contributed by atoms with van der Waals surface area (Å²) in [4.78, 5) is 19.3. The number of aromatic nitrogens is 1. The molecule has 1 aromatic rings. The Morgan fingerprint density at radius 1 is 1.43 bits per heavy atom.